The molecule has 0 fully saturated rings. The number of carbonyl (C=O) groups is 2. The van der Waals surface area contributed by atoms with E-state index in [-0.39, 0.29) is 16.1 Å². The molecule has 0 saturated heterocycles. The van der Waals surface area contributed by atoms with Crippen LogP contribution >= 0.6 is 23.6 Å². The van der Waals surface area contributed by atoms with Crippen molar-refractivity contribution in [3.63, 3.8) is 0 Å². The summed E-state index contributed by atoms with van der Waals surface area (Å²) < 4.78 is 11.3. The lowest BCUT2D eigenvalue weighted by molar-refractivity contribution is 0.0594. The summed E-state index contributed by atoms with van der Waals surface area (Å²) in [5.74, 6) is -1.13. The maximum Gasteiger partial charge on any atom is 0.351 e. The molecule has 0 aliphatic rings. The Morgan fingerprint density at radius 1 is 1.22 bits per heavy atom. The first-order valence-corrected chi connectivity index (χ1v) is 7.58. The van der Waals surface area contributed by atoms with Crippen molar-refractivity contribution >= 4 is 52.0 Å². The van der Waals surface area contributed by atoms with Gasteiger partial charge in [0.1, 0.15) is 5.65 Å². The van der Waals surface area contributed by atoms with E-state index in [0.29, 0.717) is 14.9 Å². The fourth-order valence-corrected chi connectivity index (χ4v) is 3.57. The van der Waals surface area contributed by atoms with Crippen LogP contribution < -0.4 is 5.56 Å². The zero-order chi connectivity index (χ0) is 16.7. The molecule has 118 valence electrons. The first-order valence-electron chi connectivity index (χ1n) is 6.36. The monoisotopic (exact) mass is 350 g/mol. The summed E-state index contributed by atoms with van der Waals surface area (Å²) in [5.41, 5.74) is 0.545. The van der Waals surface area contributed by atoms with E-state index in [0.717, 1.165) is 11.3 Å². The van der Waals surface area contributed by atoms with E-state index in [1.54, 1.807) is 0 Å². The first kappa shape index (κ1) is 15.4. The maximum atomic E-state index is 12.2. The van der Waals surface area contributed by atoms with Crippen molar-refractivity contribution in [2.75, 3.05) is 14.2 Å². The third kappa shape index (κ3) is 2.34. The van der Waals surface area contributed by atoms with Crippen LogP contribution in [0.4, 0.5) is 0 Å². The molecule has 0 spiro atoms. The molecule has 1 aromatic carbocycles. The van der Waals surface area contributed by atoms with Crippen molar-refractivity contribution in [3.05, 3.63) is 42.9 Å². The lowest BCUT2D eigenvalue weighted by atomic mass is 10.1. The molecule has 0 unspecified atom stereocenters. The molecule has 0 aliphatic carbocycles. The molecule has 2 heterocycles. The van der Waals surface area contributed by atoms with E-state index >= 15 is 0 Å². The highest BCUT2D eigenvalue weighted by atomic mass is 32.1. The number of methoxy groups -OCH3 is 2. The number of thiazole rings is 1. The Balaban J connectivity index is 2.48. The molecule has 0 atom stereocenters. The highest BCUT2D eigenvalue weighted by Crippen LogP contribution is 2.24. The van der Waals surface area contributed by atoms with Gasteiger partial charge in [-0.25, -0.2) is 9.59 Å². The van der Waals surface area contributed by atoms with Gasteiger partial charge in [0.2, 0.25) is 0 Å². The van der Waals surface area contributed by atoms with Gasteiger partial charge in [0.25, 0.3) is 5.56 Å². The number of hydrogen-bond acceptors (Lipinski definition) is 7. The largest absolute Gasteiger partial charge is 0.465 e. The van der Waals surface area contributed by atoms with Crippen molar-refractivity contribution in [3.8, 4) is 0 Å². The van der Waals surface area contributed by atoms with E-state index in [9.17, 15) is 14.4 Å². The van der Waals surface area contributed by atoms with Gasteiger partial charge in [-0.2, -0.15) is 0 Å². The summed E-state index contributed by atoms with van der Waals surface area (Å²) in [6, 6.07) is 4.51. The predicted molar refractivity (Wildman–Crippen MR) is 86.9 cm³/mol. The lowest BCUT2D eigenvalue weighted by Crippen LogP contribution is -2.12. The topological polar surface area (TPSA) is 89.9 Å². The zero-order valence-corrected chi connectivity index (χ0v) is 13.7. The third-order valence-electron chi connectivity index (χ3n) is 3.32. The van der Waals surface area contributed by atoms with E-state index in [2.05, 4.69) is 9.72 Å². The van der Waals surface area contributed by atoms with Gasteiger partial charge < -0.3 is 14.5 Å². The highest BCUT2D eigenvalue weighted by Gasteiger charge is 2.19. The normalized spacial score (nSPS) is 10.9. The molecule has 0 bridgehead atoms. The molecule has 9 heteroatoms. The molecule has 3 rings (SSSR count). The number of nitrogens with one attached hydrogen (secondary N) is 1. The number of ether oxygens (including phenoxy) is 2. The SMILES string of the molecule is COC(=O)c1ccc2c(=O)[nH]c3c(C(=O)OC)sc(=S)n3c2c1. The molecule has 7 nitrogen and oxygen atoms in total. The number of esters is 2. The molecular formula is C14H10N2O5S2. The Morgan fingerprint density at radius 2 is 1.91 bits per heavy atom. The van der Waals surface area contributed by atoms with Crippen LogP contribution in [-0.2, 0) is 9.47 Å². The second-order valence-electron chi connectivity index (χ2n) is 4.55. The molecular weight excluding hydrogens is 340 g/mol. The number of aromatic amines is 1. The van der Waals surface area contributed by atoms with Crippen LogP contribution in [-0.4, -0.2) is 35.5 Å². The molecule has 0 radical (unpaired) electrons. The summed E-state index contributed by atoms with van der Waals surface area (Å²) >= 11 is 6.31. The minimum absolute atomic E-state index is 0.194. The van der Waals surface area contributed by atoms with Crippen molar-refractivity contribution in [2.24, 2.45) is 0 Å². The zero-order valence-electron chi connectivity index (χ0n) is 12.0. The van der Waals surface area contributed by atoms with Crippen molar-refractivity contribution in [1.29, 1.82) is 0 Å². The van der Waals surface area contributed by atoms with Crippen molar-refractivity contribution in [1.82, 2.24) is 9.38 Å². The summed E-state index contributed by atoms with van der Waals surface area (Å²) in [6.45, 7) is 0. The van der Waals surface area contributed by atoms with Gasteiger partial charge in [-0.1, -0.05) is 11.3 Å². The van der Waals surface area contributed by atoms with Gasteiger partial charge >= 0.3 is 11.9 Å². The number of nitrogens with zero attached hydrogens (tertiary/aromatic N) is 1. The summed E-state index contributed by atoms with van der Waals surface area (Å²) in [5, 5.41) is 0.343. The van der Waals surface area contributed by atoms with E-state index in [1.165, 1.54) is 36.8 Å². The number of hydrogen-bond donors (Lipinski definition) is 1. The first-order chi connectivity index (χ1) is 11.0. The molecule has 0 aliphatic heterocycles. The second kappa shape index (κ2) is 5.60. The van der Waals surface area contributed by atoms with E-state index in [1.807, 2.05) is 0 Å². The summed E-state index contributed by atoms with van der Waals surface area (Å²) in [4.78, 5) is 38.6. The van der Waals surface area contributed by atoms with Gasteiger partial charge in [0.05, 0.1) is 30.7 Å². The minimum Gasteiger partial charge on any atom is -0.465 e. The number of rotatable bonds is 2. The van der Waals surface area contributed by atoms with Gasteiger partial charge in [-0.3, -0.25) is 9.20 Å². The predicted octanol–water partition coefficient (Wildman–Crippen LogP) is 2.14. The fourth-order valence-electron chi connectivity index (χ4n) is 2.26. The van der Waals surface area contributed by atoms with Gasteiger partial charge in [-0.05, 0) is 30.4 Å². The lowest BCUT2D eigenvalue weighted by Gasteiger charge is -2.05. The molecule has 1 N–H and O–H groups in total. The summed E-state index contributed by atoms with van der Waals surface area (Å²) in [7, 11) is 2.52. The van der Waals surface area contributed by atoms with Gasteiger partial charge in [-0.15, -0.1) is 0 Å². The van der Waals surface area contributed by atoms with Crippen molar-refractivity contribution < 1.29 is 19.1 Å². The number of fused-ring (bicyclic) bond motifs is 3. The Hall–Kier alpha value is -2.52. The number of H-pyrrole nitrogens is 1. The van der Waals surface area contributed by atoms with Crippen LogP contribution in [0.1, 0.15) is 20.0 Å². The summed E-state index contributed by atoms with van der Waals surface area (Å²) in [6.07, 6.45) is 0. The smallest absolute Gasteiger partial charge is 0.351 e. The number of carbonyl (C=O) groups excluding carboxylic acids is 2. The Kier molecular flexibility index (Phi) is 3.74. The van der Waals surface area contributed by atoms with Crippen LogP contribution in [0.25, 0.3) is 16.6 Å². The second-order valence-corrected chi connectivity index (χ2v) is 6.19. The molecule has 0 amide bonds. The van der Waals surface area contributed by atoms with Gasteiger partial charge in [0, 0.05) is 0 Å². The number of benzene rings is 1. The van der Waals surface area contributed by atoms with E-state index < -0.39 is 17.5 Å². The average molecular weight is 350 g/mol. The van der Waals surface area contributed by atoms with Crippen LogP contribution in [0.15, 0.2) is 23.0 Å². The van der Waals surface area contributed by atoms with Crippen LogP contribution in [0.3, 0.4) is 0 Å². The van der Waals surface area contributed by atoms with Crippen molar-refractivity contribution in [2.45, 2.75) is 0 Å². The van der Waals surface area contributed by atoms with E-state index in [4.69, 9.17) is 17.0 Å². The van der Waals surface area contributed by atoms with Gasteiger partial charge in [0.15, 0.2) is 8.83 Å². The molecule has 0 saturated carbocycles. The van der Waals surface area contributed by atoms with Crippen LogP contribution in [0, 0.1) is 3.95 Å². The molecule has 3 aromatic rings. The standard InChI is InChI=1S/C14H10N2O5S2/c1-20-12(18)6-3-4-7-8(5-6)16-10(15-11(7)17)9(13(19)21-2)23-14(16)22/h3-5H,1-2H3,(H,15,17). The molecule has 23 heavy (non-hydrogen) atoms. The average Bonchev–Trinajstić information content (AvgIpc) is 2.89. The number of aromatic nitrogens is 2. The maximum absolute atomic E-state index is 12.2. The Labute approximate surface area is 138 Å². The van der Waals surface area contributed by atoms with Crippen LogP contribution in [0.2, 0.25) is 0 Å². The third-order valence-corrected chi connectivity index (χ3v) is 4.67. The fraction of sp³-hybridized carbons (Fsp3) is 0.143. The Morgan fingerprint density at radius 3 is 2.57 bits per heavy atom. The Bertz CT molecular complexity index is 1080. The quantitative estimate of drug-likeness (QED) is 0.563. The molecule has 2 aromatic heterocycles. The van der Waals surface area contributed by atoms with Crippen LogP contribution in [0.5, 0.6) is 0 Å². The highest BCUT2D eigenvalue weighted by molar-refractivity contribution is 7.73. The minimum atomic E-state index is -0.595.